The first kappa shape index (κ1) is 14.1. The number of carbonyl (C=O) groups excluding carboxylic acids is 1. The Hall–Kier alpha value is -0.870. The number of rotatable bonds is 3. The van der Waals surface area contributed by atoms with Gasteiger partial charge in [0.25, 0.3) is 0 Å². The summed E-state index contributed by atoms with van der Waals surface area (Å²) >= 11 is 3.52. The molecular weight excluding hydrogens is 316 g/mol. The van der Waals surface area contributed by atoms with Crippen LogP contribution in [0.2, 0.25) is 0 Å². The van der Waals surface area contributed by atoms with E-state index in [1.54, 1.807) is 0 Å². The number of amides is 1. The Morgan fingerprint density at radius 3 is 2.80 bits per heavy atom. The number of carbonyl (C=O) groups is 1. The third-order valence-electron chi connectivity index (χ3n) is 4.90. The van der Waals surface area contributed by atoms with Crippen LogP contribution in [0.15, 0.2) is 28.7 Å². The molecule has 1 heterocycles. The van der Waals surface area contributed by atoms with E-state index >= 15 is 0 Å². The molecule has 0 bridgehead atoms. The van der Waals surface area contributed by atoms with Gasteiger partial charge in [-0.1, -0.05) is 34.5 Å². The Balaban J connectivity index is 1.84. The van der Waals surface area contributed by atoms with E-state index in [9.17, 15) is 4.79 Å². The third-order valence-corrected chi connectivity index (χ3v) is 5.40. The molecule has 1 saturated carbocycles. The maximum absolute atomic E-state index is 12.9. The zero-order chi connectivity index (χ0) is 14.2. The molecule has 108 valence electrons. The summed E-state index contributed by atoms with van der Waals surface area (Å²) in [7, 11) is 0. The van der Waals surface area contributed by atoms with Crippen LogP contribution in [0.3, 0.4) is 0 Å². The zero-order valence-corrected chi connectivity index (χ0v) is 13.2. The summed E-state index contributed by atoms with van der Waals surface area (Å²) in [5.74, 6) is 0.286. The highest BCUT2D eigenvalue weighted by Gasteiger charge is 2.47. The minimum absolute atomic E-state index is 0.226. The summed E-state index contributed by atoms with van der Waals surface area (Å²) in [6.07, 6.45) is 5.21. The Morgan fingerprint density at radius 2 is 2.20 bits per heavy atom. The molecule has 0 radical (unpaired) electrons. The molecule has 1 aromatic rings. The van der Waals surface area contributed by atoms with Crippen LogP contribution >= 0.6 is 15.9 Å². The normalized spacial score (nSPS) is 24.5. The van der Waals surface area contributed by atoms with E-state index in [2.05, 4.69) is 33.0 Å². The van der Waals surface area contributed by atoms with Crippen LogP contribution in [0.1, 0.15) is 43.7 Å². The molecule has 1 unspecified atom stereocenters. The molecule has 1 aromatic carbocycles. The number of benzene rings is 1. The molecular formula is C16H21BrN2O. The van der Waals surface area contributed by atoms with Crippen molar-refractivity contribution in [2.75, 3.05) is 13.1 Å². The van der Waals surface area contributed by atoms with E-state index in [0.717, 1.165) is 43.1 Å². The molecule has 1 aliphatic heterocycles. The Labute approximate surface area is 128 Å². The fourth-order valence-electron chi connectivity index (χ4n) is 3.48. The second-order valence-electron chi connectivity index (χ2n) is 6.05. The predicted molar refractivity (Wildman–Crippen MR) is 83.2 cm³/mol. The van der Waals surface area contributed by atoms with Crippen LogP contribution in [0.5, 0.6) is 0 Å². The molecule has 0 aromatic heterocycles. The maximum Gasteiger partial charge on any atom is 0.230 e. The Kier molecular flexibility index (Phi) is 3.87. The molecule has 1 amide bonds. The largest absolute Gasteiger partial charge is 0.335 e. The SMILES string of the molecule is NCC1(C(=O)N2CCCC2c2cccc(Br)c2)CCC1. The number of likely N-dealkylation sites (tertiary alicyclic amines) is 1. The number of nitrogens with zero attached hydrogens (tertiary/aromatic N) is 1. The van der Waals surface area contributed by atoms with Crippen molar-refractivity contribution in [3.63, 3.8) is 0 Å². The van der Waals surface area contributed by atoms with Crippen LogP contribution in [0, 0.1) is 5.41 Å². The topological polar surface area (TPSA) is 46.3 Å². The summed E-state index contributed by atoms with van der Waals surface area (Å²) in [4.78, 5) is 15.0. The standard InChI is InChI=1S/C16H21BrN2O/c17-13-5-1-4-12(10-13)14-6-2-9-19(14)15(20)16(11-18)7-3-8-16/h1,4-5,10,14H,2-3,6-9,11,18H2. The third kappa shape index (κ3) is 2.29. The molecule has 1 aliphatic carbocycles. The smallest absolute Gasteiger partial charge is 0.230 e. The molecule has 3 rings (SSSR count). The quantitative estimate of drug-likeness (QED) is 0.920. The van der Waals surface area contributed by atoms with E-state index in [4.69, 9.17) is 5.73 Å². The molecule has 3 nitrogen and oxygen atoms in total. The first-order valence-electron chi connectivity index (χ1n) is 7.43. The summed E-state index contributed by atoms with van der Waals surface area (Å²) in [5, 5.41) is 0. The van der Waals surface area contributed by atoms with Crippen molar-refractivity contribution in [1.82, 2.24) is 4.90 Å². The van der Waals surface area contributed by atoms with Gasteiger partial charge >= 0.3 is 0 Å². The van der Waals surface area contributed by atoms with E-state index in [0.29, 0.717) is 6.54 Å². The van der Waals surface area contributed by atoms with Gasteiger partial charge in [-0.15, -0.1) is 0 Å². The first-order valence-corrected chi connectivity index (χ1v) is 8.22. The summed E-state index contributed by atoms with van der Waals surface area (Å²) < 4.78 is 1.08. The highest BCUT2D eigenvalue weighted by Crippen LogP contribution is 2.45. The van der Waals surface area contributed by atoms with Crippen LogP contribution in [-0.2, 0) is 4.79 Å². The zero-order valence-electron chi connectivity index (χ0n) is 11.6. The average molecular weight is 337 g/mol. The Morgan fingerprint density at radius 1 is 1.40 bits per heavy atom. The molecule has 4 heteroatoms. The van der Waals surface area contributed by atoms with Gasteiger partial charge in [-0.25, -0.2) is 0 Å². The van der Waals surface area contributed by atoms with Gasteiger partial charge < -0.3 is 10.6 Å². The van der Waals surface area contributed by atoms with Gasteiger partial charge in [0, 0.05) is 17.6 Å². The van der Waals surface area contributed by atoms with Gasteiger partial charge in [-0.3, -0.25) is 4.79 Å². The lowest BCUT2D eigenvalue weighted by Crippen LogP contribution is -2.51. The molecule has 2 fully saturated rings. The lowest BCUT2D eigenvalue weighted by Gasteiger charge is -2.43. The molecule has 0 spiro atoms. The van der Waals surface area contributed by atoms with Crippen molar-refractivity contribution in [3.8, 4) is 0 Å². The number of hydrogen-bond acceptors (Lipinski definition) is 2. The van der Waals surface area contributed by atoms with Gasteiger partial charge in [0.15, 0.2) is 0 Å². The monoisotopic (exact) mass is 336 g/mol. The van der Waals surface area contributed by atoms with Crippen LogP contribution in [0.4, 0.5) is 0 Å². The van der Waals surface area contributed by atoms with Gasteiger partial charge in [0.05, 0.1) is 11.5 Å². The number of hydrogen-bond donors (Lipinski definition) is 1. The van der Waals surface area contributed by atoms with Gasteiger partial charge in [0.1, 0.15) is 0 Å². The Bertz CT molecular complexity index is 507. The fourth-order valence-corrected chi connectivity index (χ4v) is 3.90. The molecule has 2 N–H and O–H groups in total. The maximum atomic E-state index is 12.9. The highest BCUT2D eigenvalue weighted by molar-refractivity contribution is 9.10. The molecule has 20 heavy (non-hydrogen) atoms. The number of nitrogens with two attached hydrogens (primary N) is 1. The van der Waals surface area contributed by atoms with E-state index in [-0.39, 0.29) is 17.4 Å². The summed E-state index contributed by atoms with van der Waals surface area (Å²) in [6, 6.07) is 8.55. The second kappa shape index (κ2) is 5.49. The van der Waals surface area contributed by atoms with Crippen LogP contribution in [0.25, 0.3) is 0 Å². The highest BCUT2D eigenvalue weighted by atomic mass is 79.9. The van der Waals surface area contributed by atoms with Crippen LogP contribution in [-0.4, -0.2) is 23.9 Å². The van der Waals surface area contributed by atoms with E-state index in [1.165, 1.54) is 5.56 Å². The van der Waals surface area contributed by atoms with Crippen molar-refractivity contribution in [3.05, 3.63) is 34.3 Å². The fraction of sp³-hybridized carbons (Fsp3) is 0.562. The molecule has 1 atom stereocenters. The van der Waals surface area contributed by atoms with E-state index in [1.807, 2.05) is 12.1 Å². The minimum atomic E-state index is -0.255. The van der Waals surface area contributed by atoms with Gasteiger partial charge in [-0.2, -0.15) is 0 Å². The predicted octanol–water partition coefficient (Wildman–Crippen LogP) is 3.24. The van der Waals surface area contributed by atoms with Crippen LogP contribution < -0.4 is 5.73 Å². The number of halogens is 1. The van der Waals surface area contributed by atoms with Crippen molar-refractivity contribution < 1.29 is 4.79 Å². The van der Waals surface area contributed by atoms with Gasteiger partial charge in [-0.05, 0) is 43.4 Å². The van der Waals surface area contributed by atoms with Crippen molar-refractivity contribution in [2.24, 2.45) is 11.1 Å². The molecule has 1 saturated heterocycles. The van der Waals surface area contributed by atoms with Crippen molar-refractivity contribution in [2.45, 2.75) is 38.1 Å². The second-order valence-corrected chi connectivity index (χ2v) is 6.97. The lowest BCUT2D eigenvalue weighted by molar-refractivity contribution is -0.147. The lowest BCUT2D eigenvalue weighted by atomic mass is 9.67. The van der Waals surface area contributed by atoms with Crippen molar-refractivity contribution >= 4 is 21.8 Å². The minimum Gasteiger partial charge on any atom is -0.335 e. The summed E-state index contributed by atoms with van der Waals surface area (Å²) in [6.45, 7) is 1.37. The summed E-state index contributed by atoms with van der Waals surface area (Å²) in [5.41, 5.74) is 6.87. The first-order chi connectivity index (χ1) is 9.66. The van der Waals surface area contributed by atoms with E-state index < -0.39 is 0 Å². The van der Waals surface area contributed by atoms with Gasteiger partial charge in [0.2, 0.25) is 5.91 Å². The average Bonchev–Trinajstić information content (AvgIpc) is 2.87. The van der Waals surface area contributed by atoms with Crippen molar-refractivity contribution in [1.29, 1.82) is 0 Å². The molecule has 2 aliphatic rings.